The molecular weight excluding hydrogens is 452 g/mol. The van der Waals surface area contributed by atoms with E-state index in [0.717, 1.165) is 6.07 Å². The highest BCUT2D eigenvalue weighted by Crippen LogP contribution is 2.27. The number of rotatable bonds is 4. The van der Waals surface area contributed by atoms with Crippen molar-refractivity contribution in [2.45, 2.75) is 13.1 Å². The Bertz CT molecular complexity index is 1230. The maximum atomic E-state index is 14.2. The van der Waals surface area contributed by atoms with Crippen molar-refractivity contribution >= 4 is 23.4 Å². The van der Waals surface area contributed by atoms with Crippen molar-refractivity contribution in [3.05, 3.63) is 76.1 Å². The zero-order valence-electron chi connectivity index (χ0n) is 16.7. The quantitative estimate of drug-likeness (QED) is 0.429. The number of anilines is 2. The Morgan fingerprint density at radius 3 is 2.39 bits per heavy atom. The van der Waals surface area contributed by atoms with Crippen LogP contribution in [0.4, 0.5) is 29.1 Å². The van der Waals surface area contributed by atoms with Crippen LogP contribution in [-0.4, -0.2) is 33.1 Å². The number of aromatic nitrogens is 2. The number of ether oxygens (including phenoxy) is 1. The number of benzene rings is 1. The van der Waals surface area contributed by atoms with E-state index in [1.165, 1.54) is 42.7 Å². The molecule has 174 valence electrons. The van der Waals surface area contributed by atoms with Crippen LogP contribution < -0.4 is 21.2 Å². The van der Waals surface area contributed by atoms with E-state index in [4.69, 9.17) is 20.4 Å². The van der Waals surface area contributed by atoms with Gasteiger partial charge in [0.1, 0.15) is 17.1 Å². The number of nitrogens with zero attached hydrogens (tertiary/aromatic N) is 1. The van der Waals surface area contributed by atoms with E-state index in [9.17, 15) is 27.2 Å². The molecule has 1 amide bonds. The van der Waals surface area contributed by atoms with Crippen molar-refractivity contribution in [1.29, 1.82) is 0 Å². The molecule has 0 aliphatic rings. The number of pyridine rings is 2. The number of aromatic amines is 1. The molecule has 0 spiro atoms. The summed E-state index contributed by atoms with van der Waals surface area (Å²) in [6, 6.07) is 8.23. The van der Waals surface area contributed by atoms with Crippen molar-refractivity contribution in [3.8, 4) is 11.5 Å². The fourth-order valence-corrected chi connectivity index (χ4v) is 2.23. The normalized spacial score (nSPS) is 10.6. The standard InChI is InChI=1S/C18H15FN4O3.C2HF3O2/c1-10-6-15(24)13(9-22-10)18(25)23-11-2-3-16(14(19)7-11)26-12-4-5-21-17(20)8-12;3-2(4,5)1(6)7/h2-9H,1H3,(H2,20,21)(H,22,24)(H,23,25);(H,6,7). The highest BCUT2D eigenvalue weighted by Gasteiger charge is 2.38. The summed E-state index contributed by atoms with van der Waals surface area (Å²) in [6.45, 7) is 1.70. The predicted octanol–water partition coefficient (Wildman–Crippen LogP) is 3.48. The van der Waals surface area contributed by atoms with Gasteiger partial charge in [0.05, 0.1) is 0 Å². The molecule has 2 aromatic heterocycles. The number of amides is 1. The van der Waals surface area contributed by atoms with E-state index >= 15 is 0 Å². The van der Waals surface area contributed by atoms with Crippen molar-refractivity contribution in [2.24, 2.45) is 0 Å². The number of nitrogens with two attached hydrogens (primary N) is 1. The van der Waals surface area contributed by atoms with Crippen LogP contribution in [0.1, 0.15) is 16.1 Å². The van der Waals surface area contributed by atoms with E-state index in [-0.39, 0.29) is 22.8 Å². The highest BCUT2D eigenvalue weighted by molar-refractivity contribution is 6.04. The first-order valence-corrected chi connectivity index (χ1v) is 8.86. The van der Waals surface area contributed by atoms with Crippen LogP contribution in [0.2, 0.25) is 0 Å². The minimum absolute atomic E-state index is 0.0400. The number of carboxylic acids is 1. The largest absolute Gasteiger partial charge is 0.490 e. The molecule has 0 atom stereocenters. The van der Waals surface area contributed by atoms with Crippen LogP contribution in [0.5, 0.6) is 11.5 Å². The number of aliphatic carboxylic acids is 1. The van der Waals surface area contributed by atoms with Crippen LogP contribution in [-0.2, 0) is 4.79 Å². The first-order chi connectivity index (χ1) is 15.4. The summed E-state index contributed by atoms with van der Waals surface area (Å²) in [7, 11) is 0. The molecule has 0 bridgehead atoms. The number of carbonyl (C=O) groups is 2. The van der Waals surface area contributed by atoms with Gasteiger partial charge in [-0.05, 0) is 25.1 Å². The van der Waals surface area contributed by atoms with Crippen molar-refractivity contribution in [1.82, 2.24) is 9.97 Å². The lowest BCUT2D eigenvalue weighted by atomic mass is 10.2. The molecule has 0 aliphatic carbocycles. The lowest BCUT2D eigenvalue weighted by molar-refractivity contribution is -0.192. The molecule has 13 heteroatoms. The Morgan fingerprint density at radius 2 is 1.85 bits per heavy atom. The number of halogens is 4. The van der Waals surface area contributed by atoms with Gasteiger partial charge in [-0.3, -0.25) is 9.59 Å². The van der Waals surface area contributed by atoms with Crippen LogP contribution >= 0.6 is 0 Å². The maximum absolute atomic E-state index is 14.2. The highest BCUT2D eigenvalue weighted by atomic mass is 19.4. The van der Waals surface area contributed by atoms with Gasteiger partial charge in [-0.1, -0.05) is 0 Å². The van der Waals surface area contributed by atoms with E-state index < -0.39 is 29.3 Å². The molecular formula is C20H16F4N4O5. The molecule has 0 radical (unpaired) electrons. The number of nitrogen functional groups attached to an aromatic ring is 1. The number of H-pyrrole nitrogens is 1. The third-order valence-electron chi connectivity index (χ3n) is 3.71. The van der Waals surface area contributed by atoms with Crippen LogP contribution in [0.3, 0.4) is 0 Å². The molecule has 1 aromatic carbocycles. The minimum atomic E-state index is -5.08. The SMILES string of the molecule is Cc1cc(=O)c(C(=O)Nc2ccc(Oc3ccnc(N)c3)c(F)c2)c[nH]1.O=C(O)C(F)(F)F. The molecule has 33 heavy (non-hydrogen) atoms. The van der Waals surface area contributed by atoms with Crippen LogP contribution in [0.25, 0.3) is 0 Å². The Morgan fingerprint density at radius 1 is 1.18 bits per heavy atom. The van der Waals surface area contributed by atoms with Gasteiger partial charge < -0.3 is 25.9 Å². The van der Waals surface area contributed by atoms with E-state index in [0.29, 0.717) is 11.4 Å². The van der Waals surface area contributed by atoms with Gasteiger partial charge in [-0.15, -0.1) is 0 Å². The monoisotopic (exact) mass is 468 g/mol. The fraction of sp³-hybridized carbons (Fsp3) is 0.100. The topological polar surface area (TPSA) is 147 Å². The Balaban J connectivity index is 0.000000479. The first-order valence-electron chi connectivity index (χ1n) is 8.86. The van der Waals surface area contributed by atoms with Crippen molar-refractivity contribution < 1.29 is 37.0 Å². The molecule has 3 aromatic rings. The molecule has 9 nitrogen and oxygen atoms in total. The predicted molar refractivity (Wildman–Crippen MR) is 109 cm³/mol. The summed E-state index contributed by atoms with van der Waals surface area (Å²) in [5, 5.41) is 9.60. The Kier molecular flexibility index (Phi) is 7.72. The average molecular weight is 468 g/mol. The van der Waals surface area contributed by atoms with Crippen molar-refractivity contribution in [3.63, 3.8) is 0 Å². The molecule has 2 heterocycles. The summed E-state index contributed by atoms with van der Waals surface area (Å²) < 4.78 is 51.4. The average Bonchev–Trinajstić information content (AvgIpc) is 2.70. The molecule has 0 saturated heterocycles. The number of carbonyl (C=O) groups excluding carboxylic acids is 1. The third-order valence-corrected chi connectivity index (χ3v) is 3.71. The van der Waals surface area contributed by atoms with E-state index in [1.807, 2.05) is 0 Å². The van der Waals surface area contributed by atoms with Crippen molar-refractivity contribution in [2.75, 3.05) is 11.1 Å². The fourth-order valence-electron chi connectivity index (χ4n) is 2.23. The lowest BCUT2D eigenvalue weighted by Gasteiger charge is -2.09. The zero-order chi connectivity index (χ0) is 24.8. The van der Waals surface area contributed by atoms with Gasteiger partial charge in [0.25, 0.3) is 5.91 Å². The zero-order valence-corrected chi connectivity index (χ0v) is 16.7. The second kappa shape index (κ2) is 10.3. The van der Waals surface area contributed by atoms with E-state index in [1.54, 1.807) is 6.92 Å². The molecule has 3 rings (SSSR count). The Hall–Kier alpha value is -4.42. The van der Waals surface area contributed by atoms with E-state index in [2.05, 4.69) is 15.3 Å². The summed E-state index contributed by atoms with van der Waals surface area (Å²) in [5.74, 6) is -3.54. The summed E-state index contributed by atoms with van der Waals surface area (Å²) >= 11 is 0. The lowest BCUT2D eigenvalue weighted by Crippen LogP contribution is -2.21. The van der Waals surface area contributed by atoms with Gasteiger partial charge >= 0.3 is 12.1 Å². The molecule has 0 aliphatic heterocycles. The molecule has 0 fully saturated rings. The van der Waals surface area contributed by atoms with Gasteiger partial charge in [0.2, 0.25) is 0 Å². The second-order valence-electron chi connectivity index (χ2n) is 6.31. The third kappa shape index (κ3) is 7.34. The van der Waals surface area contributed by atoms with Gasteiger partial charge in [0.15, 0.2) is 17.0 Å². The Labute approximate surface area is 182 Å². The first kappa shape index (κ1) is 24.8. The van der Waals surface area contributed by atoms with Crippen LogP contribution in [0.15, 0.2) is 53.6 Å². The number of alkyl halides is 3. The smallest absolute Gasteiger partial charge is 0.475 e. The summed E-state index contributed by atoms with van der Waals surface area (Å²) in [6.07, 6.45) is -2.33. The number of hydrogen-bond donors (Lipinski definition) is 4. The second-order valence-corrected chi connectivity index (χ2v) is 6.31. The molecule has 0 unspecified atom stereocenters. The minimum Gasteiger partial charge on any atom is -0.475 e. The van der Waals surface area contributed by atoms with Gasteiger partial charge in [-0.2, -0.15) is 13.2 Å². The summed E-state index contributed by atoms with van der Waals surface area (Å²) in [5.41, 5.74) is 5.88. The van der Waals surface area contributed by atoms with Gasteiger partial charge in [0, 0.05) is 42.0 Å². The molecule has 5 N–H and O–H groups in total. The number of carboxylic acid groups (broad SMARTS) is 1. The number of hydrogen-bond acceptors (Lipinski definition) is 6. The van der Waals surface area contributed by atoms with Crippen LogP contribution in [0, 0.1) is 12.7 Å². The number of aryl methyl sites for hydroxylation is 1. The number of nitrogens with one attached hydrogen (secondary N) is 2. The molecule has 0 saturated carbocycles. The van der Waals surface area contributed by atoms with Gasteiger partial charge in [-0.25, -0.2) is 14.2 Å². The summed E-state index contributed by atoms with van der Waals surface area (Å²) in [4.78, 5) is 39.5. The maximum Gasteiger partial charge on any atom is 0.490 e.